The number of aromatic nitrogens is 3. The van der Waals surface area contributed by atoms with Gasteiger partial charge in [0, 0.05) is 18.3 Å². The van der Waals surface area contributed by atoms with Gasteiger partial charge in [-0.2, -0.15) is 13.2 Å². The van der Waals surface area contributed by atoms with Crippen LogP contribution in [0.2, 0.25) is 0 Å². The van der Waals surface area contributed by atoms with Crippen LogP contribution in [0.5, 0.6) is 0 Å². The summed E-state index contributed by atoms with van der Waals surface area (Å²) in [5, 5.41) is 4.50. The Morgan fingerprint density at radius 2 is 1.78 bits per heavy atom. The van der Waals surface area contributed by atoms with E-state index >= 15 is 0 Å². The van der Waals surface area contributed by atoms with E-state index in [-0.39, 0.29) is 5.56 Å². The quantitative estimate of drug-likeness (QED) is 0.344. The number of carbonyl (C=O) groups excluding carboxylic acids is 1. The van der Waals surface area contributed by atoms with Gasteiger partial charge in [-0.1, -0.05) is 12.1 Å². The number of fused-ring (bicyclic) bond motifs is 1. The van der Waals surface area contributed by atoms with Gasteiger partial charge in [0.1, 0.15) is 17.2 Å². The number of carbonyl (C=O) groups is 1. The number of hydrogen-bond acceptors (Lipinski definition) is 3. The van der Waals surface area contributed by atoms with E-state index in [9.17, 15) is 27.2 Å². The Morgan fingerprint density at radius 3 is 2.47 bits per heavy atom. The molecule has 0 aliphatic carbocycles. The summed E-state index contributed by atoms with van der Waals surface area (Å²) >= 11 is 0. The Labute approximate surface area is 177 Å². The predicted molar refractivity (Wildman–Crippen MR) is 110 cm³/mol. The minimum Gasteiger partial charge on any atom is -0.337 e. The minimum atomic E-state index is -4.66. The summed E-state index contributed by atoms with van der Waals surface area (Å²) in [6.45, 7) is 0. The van der Waals surface area contributed by atoms with Crippen LogP contribution in [-0.4, -0.2) is 21.0 Å². The molecular weight excluding hydrogens is 430 g/mol. The molecule has 0 radical (unpaired) electrons. The van der Waals surface area contributed by atoms with Crippen LogP contribution in [0.25, 0.3) is 11.0 Å². The number of halogens is 4. The SMILES string of the molecule is O=C(Nc1ccc(Cc2nc3cc[nH]c(=O)c3[nH]2)cc1)Nc1cc(C(F)(F)F)ccc1F. The van der Waals surface area contributed by atoms with Crippen LogP contribution in [0.15, 0.2) is 59.5 Å². The van der Waals surface area contributed by atoms with E-state index in [4.69, 9.17) is 0 Å². The molecule has 0 saturated heterocycles. The van der Waals surface area contributed by atoms with Crippen LogP contribution in [0.3, 0.4) is 0 Å². The number of alkyl halides is 3. The Balaban J connectivity index is 1.42. The highest BCUT2D eigenvalue weighted by Gasteiger charge is 2.31. The second-order valence-electron chi connectivity index (χ2n) is 6.90. The van der Waals surface area contributed by atoms with Gasteiger partial charge in [-0.15, -0.1) is 0 Å². The van der Waals surface area contributed by atoms with Crippen LogP contribution in [0.1, 0.15) is 17.0 Å². The van der Waals surface area contributed by atoms with Crippen molar-refractivity contribution >= 4 is 28.4 Å². The van der Waals surface area contributed by atoms with Crippen molar-refractivity contribution in [3.8, 4) is 0 Å². The Kier molecular flexibility index (Phi) is 5.39. The number of benzene rings is 2. The summed E-state index contributed by atoms with van der Waals surface area (Å²) in [5.41, 5.74) is 0.152. The number of nitrogens with zero attached hydrogens (tertiary/aromatic N) is 1. The molecule has 2 aromatic carbocycles. The molecule has 7 nitrogen and oxygen atoms in total. The van der Waals surface area contributed by atoms with Crippen LogP contribution in [0.4, 0.5) is 33.7 Å². The van der Waals surface area contributed by atoms with E-state index in [1.807, 2.05) is 0 Å². The van der Waals surface area contributed by atoms with Crippen molar-refractivity contribution in [3.63, 3.8) is 0 Å². The highest BCUT2D eigenvalue weighted by atomic mass is 19.4. The molecule has 0 saturated carbocycles. The topological polar surface area (TPSA) is 103 Å². The average molecular weight is 445 g/mol. The van der Waals surface area contributed by atoms with Gasteiger partial charge in [-0.3, -0.25) is 4.79 Å². The zero-order valence-electron chi connectivity index (χ0n) is 16.2. The Hall–Kier alpha value is -4.15. The lowest BCUT2D eigenvalue weighted by molar-refractivity contribution is -0.137. The molecule has 0 atom stereocenters. The number of hydrogen-bond donors (Lipinski definition) is 4. The maximum absolute atomic E-state index is 13.8. The van der Waals surface area contributed by atoms with Crippen molar-refractivity contribution in [2.75, 3.05) is 10.6 Å². The number of nitrogens with one attached hydrogen (secondary N) is 4. The average Bonchev–Trinajstić information content (AvgIpc) is 3.14. The first-order valence-electron chi connectivity index (χ1n) is 9.29. The number of aromatic amines is 2. The zero-order chi connectivity index (χ0) is 22.9. The van der Waals surface area contributed by atoms with Crippen molar-refractivity contribution in [1.29, 1.82) is 0 Å². The normalized spacial score (nSPS) is 11.5. The number of urea groups is 1. The van der Waals surface area contributed by atoms with E-state index in [1.165, 1.54) is 6.20 Å². The van der Waals surface area contributed by atoms with Crippen LogP contribution in [0, 0.1) is 5.82 Å². The maximum atomic E-state index is 13.8. The van der Waals surface area contributed by atoms with E-state index < -0.39 is 29.3 Å². The molecule has 11 heteroatoms. The molecule has 4 N–H and O–H groups in total. The van der Waals surface area contributed by atoms with Gasteiger partial charge in [0.05, 0.1) is 16.8 Å². The third-order valence-electron chi connectivity index (χ3n) is 4.59. The van der Waals surface area contributed by atoms with Crippen LogP contribution in [-0.2, 0) is 12.6 Å². The molecule has 0 unspecified atom stereocenters. The third-order valence-corrected chi connectivity index (χ3v) is 4.59. The predicted octanol–water partition coefficient (Wildman–Crippen LogP) is 4.64. The molecule has 0 fully saturated rings. The van der Waals surface area contributed by atoms with Crippen molar-refractivity contribution in [2.24, 2.45) is 0 Å². The molecule has 0 aliphatic heterocycles. The lowest BCUT2D eigenvalue weighted by atomic mass is 10.1. The highest BCUT2D eigenvalue weighted by Crippen LogP contribution is 2.31. The smallest absolute Gasteiger partial charge is 0.337 e. The molecule has 0 spiro atoms. The molecule has 0 bridgehead atoms. The Morgan fingerprint density at radius 1 is 1.03 bits per heavy atom. The largest absolute Gasteiger partial charge is 0.416 e. The molecule has 2 amide bonds. The molecular formula is C21H15F4N5O2. The lowest BCUT2D eigenvalue weighted by Gasteiger charge is -2.12. The van der Waals surface area contributed by atoms with Crippen molar-refractivity contribution in [2.45, 2.75) is 12.6 Å². The summed E-state index contributed by atoms with van der Waals surface area (Å²) in [7, 11) is 0. The second kappa shape index (κ2) is 8.17. The van der Waals surface area contributed by atoms with Crippen molar-refractivity contribution in [3.05, 3.63) is 87.9 Å². The van der Waals surface area contributed by atoms with Gasteiger partial charge in [0.15, 0.2) is 0 Å². The second-order valence-corrected chi connectivity index (χ2v) is 6.90. The van der Waals surface area contributed by atoms with E-state index in [2.05, 4.69) is 25.6 Å². The number of imidazole rings is 1. The summed E-state index contributed by atoms with van der Waals surface area (Å²) in [6.07, 6.45) is -2.76. The van der Waals surface area contributed by atoms with Crippen LogP contribution >= 0.6 is 0 Å². The third kappa shape index (κ3) is 4.61. The number of pyridine rings is 1. The van der Waals surface area contributed by atoms with Gasteiger partial charge in [-0.05, 0) is 42.0 Å². The molecule has 4 rings (SSSR count). The van der Waals surface area contributed by atoms with Crippen molar-refractivity contribution < 1.29 is 22.4 Å². The van der Waals surface area contributed by atoms with Gasteiger partial charge in [-0.25, -0.2) is 14.2 Å². The first-order chi connectivity index (χ1) is 15.2. The van der Waals surface area contributed by atoms with Crippen LogP contribution < -0.4 is 16.2 Å². The standard InChI is InChI=1S/C21H15F4N5O2/c22-14-6-3-12(21(23,24)25)10-16(14)29-20(32)27-13-4-1-11(2-5-13)9-17-28-15-7-8-26-19(31)18(15)30-17/h1-8,10H,9H2,(H,26,31)(H,28,30)(H2,27,29,32). The number of rotatable bonds is 4. The Bertz CT molecular complexity index is 1340. The summed E-state index contributed by atoms with van der Waals surface area (Å²) < 4.78 is 52.1. The molecule has 0 aliphatic rings. The highest BCUT2D eigenvalue weighted by molar-refractivity contribution is 5.99. The number of H-pyrrole nitrogens is 2. The molecule has 2 aromatic heterocycles. The summed E-state index contributed by atoms with van der Waals surface area (Å²) in [4.78, 5) is 33.7. The fourth-order valence-electron chi connectivity index (χ4n) is 3.06. The van der Waals surface area contributed by atoms with Gasteiger partial charge >= 0.3 is 12.2 Å². The van der Waals surface area contributed by atoms with E-state index in [1.54, 1.807) is 30.3 Å². The zero-order valence-corrected chi connectivity index (χ0v) is 16.2. The number of amides is 2. The monoisotopic (exact) mass is 445 g/mol. The number of anilines is 2. The fraction of sp³-hybridized carbons (Fsp3) is 0.0952. The van der Waals surface area contributed by atoms with Crippen molar-refractivity contribution in [1.82, 2.24) is 15.0 Å². The fourth-order valence-corrected chi connectivity index (χ4v) is 3.06. The van der Waals surface area contributed by atoms with E-state index in [0.717, 1.165) is 5.56 Å². The lowest BCUT2D eigenvalue weighted by Crippen LogP contribution is -2.20. The molecule has 2 heterocycles. The van der Waals surface area contributed by atoms with Gasteiger partial charge in [0.25, 0.3) is 5.56 Å². The molecule has 32 heavy (non-hydrogen) atoms. The molecule has 164 valence electrons. The summed E-state index contributed by atoms with van der Waals surface area (Å²) in [5.74, 6) is -0.414. The minimum absolute atomic E-state index is 0.274. The summed E-state index contributed by atoms with van der Waals surface area (Å²) in [6, 6.07) is 9.10. The first kappa shape index (κ1) is 21.1. The van der Waals surface area contributed by atoms with E-state index in [0.29, 0.717) is 47.2 Å². The van der Waals surface area contributed by atoms with Gasteiger partial charge in [0.2, 0.25) is 0 Å². The molecule has 4 aromatic rings. The van der Waals surface area contributed by atoms with Gasteiger partial charge < -0.3 is 20.6 Å². The maximum Gasteiger partial charge on any atom is 0.416 e. The first-order valence-corrected chi connectivity index (χ1v) is 9.29.